The molecule has 0 fully saturated rings. The number of nitrogens with one attached hydrogen (secondary N) is 1. The van der Waals surface area contributed by atoms with Gasteiger partial charge in [-0.05, 0) is 43.5 Å². The van der Waals surface area contributed by atoms with Gasteiger partial charge in [0.1, 0.15) is 12.0 Å². The highest BCUT2D eigenvalue weighted by molar-refractivity contribution is 5.51. The predicted octanol–water partition coefficient (Wildman–Crippen LogP) is 1.64. The van der Waals surface area contributed by atoms with E-state index in [-0.39, 0.29) is 0 Å². The summed E-state index contributed by atoms with van der Waals surface area (Å²) in [5, 5.41) is 3.05. The van der Waals surface area contributed by atoms with Gasteiger partial charge in [0, 0.05) is 0 Å². The van der Waals surface area contributed by atoms with Crippen LogP contribution in [0.25, 0.3) is 0 Å². The Morgan fingerprint density at radius 3 is 2.44 bits per heavy atom. The van der Waals surface area contributed by atoms with Crippen molar-refractivity contribution >= 4 is 6.29 Å². The molecule has 0 saturated heterocycles. The molecule has 1 aromatic carbocycles. The molecule has 0 atom stereocenters. The van der Waals surface area contributed by atoms with E-state index in [9.17, 15) is 4.79 Å². The monoisotopic (exact) mass is 221 g/mol. The number of ether oxygens (including phenoxy) is 1. The van der Waals surface area contributed by atoms with E-state index >= 15 is 0 Å². The summed E-state index contributed by atoms with van der Waals surface area (Å²) in [4.78, 5) is 10.1. The van der Waals surface area contributed by atoms with E-state index in [1.807, 2.05) is 13.8 Å². The summed E-state index contributed by atoms with van der Waals surface area (Å²) in [6, 6.07) is 4.27. The van der Waals surface area contributed by atoms with Gasteiger partial charge in [-0.25, -0.2) is 0 Å². The molecular formula is C13H19NO2. The largest absolute Gasteiger partial charge is 0.496 e. The van der Waals surface area contributed by atoms with Crippen molar-refractivity contribution in [2.75, 3.05) is 20.2 Å². The van der Waals surface area contributed by atoms with Gasteiger partial charge in [0.2, 0.25) is 0 Å². The van der Waals surface area contributed by atoms with Crippen LogP contribution in [0.3, 0.4) is 0 Å². The molecule has 0 unspecified atom stereocenters. The quantitative estimate of drug-likeness (QED) is 0.586. The van der Waals surface area contributed by atoms with Gasteiger partial charge >= 0.3 is 0 Å². The Balaban J connectivity index is 2.64. The van der Waals surface area contributed by atoms with Crippen LogP contribution in [0.15, 0.2) is 12.1 Å². The Hall–Kier alpha value is -1.35. The lowest BCUT2D eigenvalue weighted by Gasteiger charge is -2.11. The van der Waals surface area contributed by atoms with Crippen molar-refractivity contribution in [3.8, 4) is 5.75 Å². The summed E-state index contributed by atoms with van der Waals surface area (Å²) in [6.45, 7) is 5.35. The lowest BCUT2D eigenvalue weighted by Crippen LogP contribution is -2.19. The average molecular weight is 221 g/mol. The Kier molecular flexibility index (Phi) is 4.99. The summed E-state index contributed by atoms with van der Waals surface area (Å²) in [5.41, 5.74) is 3.59. The normalized spacial score (nSPS) is 10.2. The van der Waals surface area contributed by atoms with Gasteiger partial charge in [-0.15, -0.1) is 0 Å². The van der Waals surface area contributed by atoms with Gasteiger partial charge in [-0.1, -0.05) is 12.1 Å². The highest BCUT2D eigenvalue weighted by Crippen LogP contribution is 2.24. The van der Waals surface area contributed by atoms with Crippen LogP contribution in [0, 0.1) is 13.8 Å². The van der Waals surface area contributed by atoms with Gasteiger partial charge in [0.15, 0.2) is 0 Å². The van der Waals surface area contributed by atoms with Crippen molar-refractivity contribution in [1.29, 1.82) is 0 Å². The molecule has 3 nitrogen and oxygen atoms in total. The first-order valence-electron chi connectivity index (χ1n) is 5.47. The number of hydrogen-bond acceptors (Lipinski definition) is 3. The second-order valence-corrected chi connectivity index (χ2v) is 3.88. The molecule has 0 saturated carbocycles. The van der Waals surface area contributed by atoms with Crippen molar-refractivity contribution < 1.29 is 9.53 Å². The summed E-state index contributed by atoms with van der Waals surface area (Å²) in [5.74, 6) is 0.963. The van der Waals surface area contributed by atoms with Crippen molar-refractivity contribution in [3.63, 3.8) is 0 Å². The molecule has 0 amide bonds. The molecule has 0 bridgehead atoms. The van der Waals surface area contributed by atoms with E-state index in [4.69, 9.17) is 4.74 Å². The number of hydrogen-bond donors (Lipinski definition) is 1. The maximum Gasteiger partial charge on any atom is 0.133 e. The predicted molar refractivity (Wildman–Crippen MR) is 65.1 cm³/mol. The molecule has 0 aliphatic carbocycles. The summed E-state index contributed by atoms with van der Waals surface area (Å²) in [6.07, 6.45) is 1.81. The van der Waals surface area contributed by atoms with Crippen LogP contribution >= 0.6 is 0 Å². The van der Waals surface area contributed by atoms with E-state index in [0.717, 1.165) is 36.1 Å². The standard InChI is InChI=1S/C13H19NO2/c1-10-8-12(4-5-14-6-7-15)9-11(2)13(10)16-3/h7-9,14H,4-6H2,1-3H3. The minimum atomic E-state index is 0.425. The zero-order valence-corrected chi connectivity index (χ0v) is 10.2. The molecule has 16 heavy (non-hydrogen) atoms. The summed E-state index contributed by atoms with van der Waals surface area (Å²) < 4.78 is 5.31. The van der Waals surface area contributed by atoms with Gasteiger partial charge in [0.25, 0.3) is 0 Å². The molecule has 3 heteroatoms. The van der Waals surface area contributed by atoms with Gasteiger partial charge in [-0.2, -0.15) is 0 Å². The van der Waals surface area contributed by atoms with Crippen LogP contribution in [0.4, 0.5) is 0 Å². The molecule has 1 aromatic rings. The van der Waals surface area contributed by atoms with Gasteiger partial charge in [0.05, 0.1) is 13.7 Å². The average Bonchev–Trinajstić information content (AvgIpc) is 2.24. The fourth-order valence-electron chi connectivity index (χ4n) is 1.90. The Bertz CT molecular complexity index is 338. The number of rotatable bonds is 6. The molecule has 0 aromatic heterocycles. The van der Waals surface area contributed by atoms with E-state index < -0.39 is 0 Å². The van der Waals surface area contributed by atoms with E-state index in [1.54, 1.807) is 7.11 Å². The maximum absolute atomic E-state index is 10.1. The lowest BCUT2D eigenvalue weighted by molar-refractivity contribution is -0.107. The molecule has 0 aliphatic heterocycles. The van der Waals surface area contributed by atoms with E-state index in [1.165, 1.54) is 5.56 Å². The molecule has 0 aliphatic rings. The fraction of sp³-hybridized carbons (Fsp3) is 0.462. The first-order chi connectivity index (χ1) is 7.69. The third kappa shape index (κ3) is 3.35. The van der Waals surface area contributed by atoms with Crippen LogP contribution in [-0.2, 0) is 11.2 Å². The van der Waals surface area contributed by atoms with Crippen LogP contribution in [0.1, 0.15) is 16.7 Å². The first kappa shape index (κ1) is 12.7. The number of carbonyl (C=O) groups is 1. The fourth-order valence-corrected chi connectivity index (χ4v) is 1.90. The molecular weight excluding hydrogens is 202 g/mol. The number of methoxy groups -OCH3 is 1. The number of aryl methyl sites for hydroxylation is 2. The third-order valence-corrected chi connectivity index (χ3v) is 2.54. The summed E-state index contributed by atoms with van der Waals surface area (Å²) >= 11 is 0. The van der Waals surface area contributed by atoms with Crippen LogP contribution in [0.5, 0.6) is 5.75 Å². The maximum atomic E-state index is 10.1. The van der Waals surface area contributed by atoms with E-state index in [2.05, 4.69) is 17.4 Å². The first-order valence-corrected chi connectivity index (χ1v) is 5.47. The zero-order valence-electron chi connectivity index (χ0n) is 10.2. The van der Waals surface area contributed by atoms with Crippen molar-refractivity contribution in [1.82, 2.24) is 5.32 Å². The molecule has 0 radical (unpaired) electrons. The van der Waals surface area contributed by atoms with Crippen LogP contribution in [-0.4, -0.2) is 26.5 Å². The number of aldehydes is 1. The third-order valence-electron chi connectivity index (χ3n) is 2.54. The number of benzene rings is 1. The molecule has 0 spiro atoms. The SMILES string of the molecule is COc1c(C)cc(CCNCC=O)cc1C. The summed E-state index contributed by atoms with van der Waals surface area (Å²) in [7, 11) is 1.70. The van der Waals surface area contributed by atoms with Crippen LogP contribution in [0.2, 0.25) is 0 Å². The molecule has 1 N–H and O–H groups in total. The highest BCUT2D eigenvalue weighted by atomic mass is 16.5. The van der Waals surface area contributed by atoms with Gasteiger partial charge in [-0.3, -0.25) is 0 Å². The highest BCUT2D eigenvalue weighted by Gasteiger charge is 2.04. The van der Waals surface area contributed by atoms with Gasteiger partial charge < -0.3 is 14.8 Å². The second-order valence-electron chi connectivity index (χ2n) is 3.88. The van der Waals surface area contributed by atoms with Crippen molar-refractivity contribution in [3.05, 3.63) is 28.8 Å². The zero-order chi connectivity index (χ0) is 12.0. The van der Waals surface area contributed by atoms with E-state index in [0.29, 0.717) is 6.54 Å². The Morgan fingerprint density at radius 1 is 1.31 bits per heavy atom. The smallest absolute Gasteiger partial charge is 0.133 e. The van der Waals surface area contributed by atoms with Crippen LogP contribution < -0.4 is 10.1 Å². The topological polar surface area (TPSA) is 38.3 Å². The van der Waals surface area contributed by atoms with Crippen molar-refractivity contribution in [2.24, 2.45) is 0 Å². The minimum Gasteiger partial charge on any atom is -0.496 e. The Morgan fingerprint density at radius 2 is 1.94 bits per heavy atom. The number of carbonyl (C=O) groups excluding carboxylic acids is 1. The molecule has 0 heterocycles. The lowest BCUT2D eigenvalue weighted by atomic mass is 10.0. The second kappa shape index (κ2) is 6.28. The minimum absolute atomic E-state index is 0.425. The van der Waals surface area contributed by atoms with Crippen molar-refractivity contribution in [2.45, 2.75) is 20.3 Å². The Labute approximate surface area is 96.8 Å². The molecule has 1 rings (SSSR count). The molecule has 88 valence electrons.